The molecule has 11 heteroatoms. The van der Waals surface area contributed by atoms with Crippen molar-refractivity contribution in [3.05, 3.63) is 66.2 Å². The Balaban J connectivity index is 1.95. The van der Waals surface area contributed by atoms with E-state index in [1.54, 1.807) is 40.0 Å². The van der Waals surface area contributed by atoms with E-state index in [1.165, 1.54) is 24.8 Å². The monoisotopic (exact) mass is 386 g/mol. The lowest BCUT2D eigenvalue weighted by Gasteiger charge is -2.25. The Morgan fingerprint density at radius 2 is 1.81 bits per heavy atom. The van der Waals surface area contributed by atoms with E-state index >= 15 is 0 Å². The molecule has 0 saturated carbocycles. The zero-order chi connectivity index (χ0) is 19.4. The fourth-order valence-corrected chi connectivity index (χ4v) is 2.85. The molecule has 0 atom stereocenters. The minimum Gasteiger partial charge on any atom is -0.506 e. The van der Waals surface area contributed by atoms with Crippen LogP contribution in [0.1, 0.15) is 11.1 Å². The van der Waals surface area contributed by atoms with Crippen LogP contribution in [-0.4, -0.2) is 33.0 Å². The summed E-state index contributed by atoms with van der Waals surface area (Å²) in [5.41, 5.74) is 1.70. The molecular weight excluding hydrogens is 372 g/mol. The molecule has 1 heterocycles. The van der Waals surface area contributed by atoms with Crippen molar-refractivity contribution in [3.63, 3.8) is 0 Å². The molecule has 138 valence electrons. The van der Waals surface area contributed by atoms with Crippen LogP contribution in [0.25, 0.3) is 0 Å². The van der Waals surface area contributed by atoms with Crippen LogP contribution in [-0.2, 0) is 16.8 Å². The highest BCUT2D eigenvalue weighted by Crippen LogP contribution is 2.27. The van der Waals surface area contributed by atoms with Crippen LogP contribution in [0, 0.1) is 11.3 Å². The van der Waals surface area contributed by atoms with E-state index in [2.05, 4.69) is 10.2 Å². The molecule has 0 amide bonds. The summed E-state index contributed by atoms with van der Waals surface area (Å²) < 4.78 is 34.5. The second kappa shape index (κ2) is 7.32. The molecule has 0 bridgehead atoms. The minimum absolute atomic E-state index is 0.154. The van der Waals surface area contributed by atoms with Gasteiger partial charge in [0.25, 0.3) is 0 Å². The number of benzene rings is 2. The fraction of sp³-hybridized carbons (Fsp3) is 0.0625. The van der Waals surface area contributed by atoms with Crippen molar-refractivity contribution in [1.29, 1.82) is 5.26 Å². The molecule has 0 spiro atoms. The average Bonchev–Trinajstić information content (AvgIpc) is 3.15. The predicted octanol–water partition coefficient (Wildman–Crippen LogP) is 1.54. The molecule has 3 rings (SSSR count). The van der Waals surface area contributed by atoms with Crippen molar-refractivity contribution in [3.8, 4) is 11.8 Å². The lowest BCUT2D eigenvalue weighted by atomic mass is 10.1. The van der Waals surface area contributed by atoms with Gasteiger partial charge < -0.3 is 5.11 Å². The molecule has 2 aromatic carbocycles. The van der Waals surface area contributed by atoms with E-state index < -0.39 is 10.3 Å². The SMILES string of the molecule is N#Cc1ccc(N(Cc2ccc(O)c(NS(=O)(=O)O)c2)n2cnnc2)cc1. The molecule has 10 nitrogen and oxygen atoms in total. The molecule has 27 heavy (non-hydrogen) atoms. The number of hydrogen-bond donors (Lipinski definition) is 3. The van der Waals surface area contributed by atoms with Crippen molar-refractivity contribution >= 4 is 21.7 Å². The van der Waals surface area contributed by atoms with Gasteiger partial charge in [0.05, 0.1) is 29.6 Å². The number of phenols is 1. The van der Waals surface area contributed by atoms with Gasteiger partial charge in [0.1, 0.15) is 18.4 Å². The summed E-state index contributed by atoms with van der Waals surface area (Å²) in [5, 5.41) is 28.1. The fourth-order valence-electron chi connectivity index (χ4n) is 2.41. The van der Waals surface area contributed by atoms with Crippen LogP contribution in [0.3, 0.4) is 0 Å². The largest absolute Gasteiger partial charge is 0.506 e. The summed E-state index contributed by atoms with van der Waals surface area (Å²) in [7, 11) is -4.53. The molecule has 3 aromatic rings. The van der Waals surface area contributed by atoms with Gasteiger partial charge in [0, 0.05) is 0 Å². The Morgan fingerprint density at radius 1 is 1.15 bits per heavy atom. The Labute approximate surface area is 154 Å². The Hall–Kier alpha value is -3.62. The third-order valence-electron chi connectivity index (χ3n) is 3.61. The quantitative estimate of drug-likeness (QED) is 0.427. The molecular formula is C16H14N6O4S. The van der Waals surface area contributed by atoms with E-state index in [4.69, 9.17) is 9.81 Å². The molecule has 0 radical (unpaired) electrons. The highest BCUT2D eigenvalue weighted by Gasteiger charge is 2.14. The van der Waals surface area contributed by atoms with Gasteiger partial charge in [-0.15, -0.1) is 10.2 Å². The summed E-state index contributed by atoms with van der Waals surface area (Å²) in [5.74, 6) is -0.328. The zero-order valence-electron chi connectivity index (χ0n) is 13.8. The van der Waals surface area contributed by atoms with Gasteiger partial charge in [-0.05, 0) is 42.0 Å². The lowest BCUT2D eigenvalue weighted by molar-refractivity contribution is 0.473. The maximum atomic E-state index is 11.0. The summed E-state index contributed by atoms with van der Waals surface area (Å²) in [6.45, 7) is 0.254. The minimum atomic E-state index is -4.53. The first-order chi connectivity index (χ1) is 12.9. The highest BCUT2D eigenvalue weighted by atomic mass is 32.2. The molecule has 0 aliphatic carbocycles. The van der Waals surface area contributed by atoms with E-state index in [1.807, 2.05) is 10.8 Å². The zero-order valence-corrected chi connectivity index (χ0v) is 14.6. The van der Waals surface area contributed by atoms with Crippen LogP contribution >= 0.6 is 0 Å². The Bertz CT molecular complexity index is 1080. The Morgan fingerprint density at radius 3 is 2.41 bits per heavy atom. The number of nitrogens with one attached hydrogen (secondary N) is 1. The number of aromatic nitrogens is 3. The maximum absolute atomic E-state index is 11.0. The van der Waals surface area contributed by atoms with E-state index in [-0.39, 0.29) is 18.0 Å². The number of phenolic OH excluding ortho intramolecular Hbond substituents is 1. The first-order valence-electron chi connectivity index (χ1n) is 7.55. The summed E-state index contributed by atoms with van der Waals surface area (Å²) in [6, 6.07) is 13.2. The maximum Gasteiger partial charge on any atom is 0.357 e. The number of nitrogens with zero attached hydrogens (tertiary/aromatic N) is 5. The third kappa shape index (κ3) is 4.51. The first kappa shape index (κ1) is 18.2. The number of rotatable bonds is 6. The van der Waals surface area contributed by atoms with Crippen LogP contribution in [0.5, 0.6) is 5.75 Å². The Kier molecular flexibility index (Phi) is 4.93. The molecule has 3 N–H and O–H groups in total. The van der Waals surface area contributed by atoms with E-state index in [0.29, 0.717) is 11.1 Å². The van der Waals surface area contributed by atoms with Crippen molar-refractivity contribution in [2.24, 2.45) is 0 Å². The van der Waals surface area contributed by atoms with Crippen LogP contribution in [0.15, 0.2) is 55.1 Å². The number of nitriles is 1. The molecule has 0 fully saturated rings. The predicted molar refractivity (Wildman–Crippen MR) is 96.0 cm³/mol. The van der Waals surface area contributed by atoms with Gasteiger partial charge >= 0.3 is 10.3 Å². The van der Waals surface area contributed by atoms with Crippen LogP contribution < -0.4 is 9.73 Å². The second-order valence-electron chi connectivity index (χ2n) is 5.49. The standard InChI is InChI=1S/C16H14N6O4S/c17-8-12-1-4-14(5-2-12)22(21-10-18-19-11-21)9-13-3-6-16(23)15(7-13)20-27(24,25)26/h1-7,10-11,20,23H,9H2,(H,24,25,26). The first-order valence-corrected chi connectivity index (χ1v) is 8.99. The third-order valence-corrected chi connectivity index (χ3v) is 4.09. The van der Waals surface area contributed by atoms with E-state index in [9.17, 15) is 13.5 Å². The number of anilines is 2. The topological polar surface area (TPSA) is 144 Å². The highest BCUT2D eigenvalue weighted by molar-refractivity contribution is 7.87. The molecule has 0 aliphatic heterocycles. The van der Waals surface area contributed by atoms with Gasteiger partial charge in [-0.25, -0.2) is 4.68 Å². The van der Waals surface area contributed by atoms with Gasteiger partial charge in [-0.3, -0.25) is 14.3 Å². The molecule has 0 aliphatic rings. The normalized spacial score (nSPS) is 11.0. The average molecular weight is 386 g/mol. The second-order valence-corrected chi connectivity index (χ2v) is 6.64. The van der Waals surface area contributed by atoms with Crippen LogP contribution in [0.2, 0.25) is 0 Å². The van der Waals surface area contributed by atoms with Crippen molar-refractivity contribution in [1.82, 2.24) is 14.9 Å². The van der Waals surface area contributed by atoms with Crippen molar-refractivity contribution < 1.29 is 18.1 Å². The summed E-state index contributed by atoms with van der Waals surface area (Å²) in [6.07, 6.45) is 2.96. The van der Waals surface area contributed by atoms with Gasteiger partial charge in [-0.1, -0.05) is 6.07 Å². The lowest BCUT2D eigenvalue weighted by Crippen LogP contribution is -2.27. The van der Waals surface area contributed by atoms with Crippen LogP contribution in [0.4, 0.5) is 11.4 Å². The summed E-state index contributed by atoms with van der Waals surface area (Å²) in [4.78, 5) is 0. The summed E-state index contributed by atoms with van der Waals surface area (Å²) >= 11 is 0. The molecule has 0 unspecified atom stereocenters. The number of hydrogen-bond acceptors (Lipinski definition) is 7. The van der Waals surface area contributed by atoms with Gasteiger partial charge in [0.2, 0.25) is 0 Å². The van der Waals surface area contributed by atoms with Gasteiger partial charge in [0.15, 0.2) is 0 Å². The van der Waals surface area contributed by atoms with Gasteiger partial charge in [-0.2, -0.15) is 13.7 Å². The molecule has 1 aromatic heterocycles. The van der Waals surface area contributed by atoms with E-state index in [0.717, 1.165) is 5.69 Å². The van der Waals surface area contributed by atoms with Crippen molar-refractivity contribution in [2.75, 3.05) is 9.73 Å². The van der Waals surface area contributed by atoms with Crippen molar-refractivity contribution in [2.45, 2.75) is 6.54 Å². The number of aromatic hydroxyl groups is 1. The smallest absolute Gasteiger partial charge is 0.357 e. The molecule has 0 saturated heterocycles.